The first kappa shape index (κ1) is 31.0. The van der Waals surface area contributed by atoms with Crippen molar-refractivity contribution in [1.29, 1.82) is 0 Å². The first-order valence-electron chi connectivity index (χ1n) is 12.6. The van der Waals surface area contributed by atoms with Gasteiger partial charge in [-0.15, -0.1) is 0 Å². The van der Waals surface area contributed by atoms with Gasteiger partial charge in [-0.25, -0.2) is 8.42 Å². The number of methoxy groups -OCH3 is 2. The Hall–Kier alpha value is -3.57. The molecule has 1 N–H and O–H groups in total. The average Bonchev–Trinajstić information content (AvgIpc) is 2.94. The molecule has 11 heteroatoms. The van der Waals surface area contributed by atoms with E-state index in [9.17, 15) is 18.0 Å². The Morgan fingerprint density at radius 3 is 2.20 bits per heavy atom. The van der Waals surface area contributed by atoms with E-state index in [0.29, 0.717) is 12.3 Å². The Morgan fingerprint density at radius 2 is 1.62 bits per heavy atom. The summed E-state index contributed by atoms with van der Waals surface area (Å²) in [5.74, 6) is -0.179. The molecule has 0 saturated carbocycles. The van der Waals surface area contributed by atoms with Gasteiger partial charge in [-0.1, -0.05) is 58.4 Å². The number of carbonyl (C=O) groups excluding carboxylic acids is 2. The monoisotopic (exact) mass is 631 g/mol. The molecule has 1 atom stereocenters. The van der Waals surface area contributed by atoms with E-state index in [1.165, 1.54) is 25.2 Å². The normalized spacial score (nSPS) is 11.8. The van der Waals surface area contributed by atoms with E-state index in [2.05, 4.69) is 21.2 Å². The maximum absolute atomic E-state index is 14.1. The van der Waals surface area contributed by atoms with E-state index in [4.69, 9.17) is 9.47 Å². The number of benzene rings is 3. The highest BCUT2D eigenvalue weighted by molar-refractivity contribution is 9.10. The molecule has 0 spiro atoms. The van der Waals surface area contributed by atoms with Crippen LogP contribution in [0.5, 0.6) is 11.5 Å². The number of likely N-dealkylation sites (N-methyl/N-ethyl adjacent to an activating group) is 1. The summed E-state index contributed by atoms with van der Waals surface area (Å²) < 4.78 is 38.5. The van der Waals surface area contributed by atoms with Gasteiger partial charge in [0.2, 0.25) is 21.8 Å². The summed E-state index contributed by atoms with van der Waals surface area (Å²) in [5, 5.41) is 2.84. The Bertz CT molecular complexity index is 1400. The number of rotatable bonds is 13. The van der Waals surface area contributed by atoms with Crippen LogP contribution in [0.25, 0.3) is 0 Å². The number of hydrogen-bond donors (Lipinski definition) is 1. The van der Waals surface area contributed by atoms with Crippen LogP contribution in [-0.4, -0.2) is 64.7 Å². The highest BCUT2D eigenvalue weighted by atomic mass is 79.9. The topological polar surface area (TPSA) is 105 Å². The molecule has 0 unspecified atom stereocenters. The van der Waals surface area contributed by atoms with Gasteiger partial charge in [0.25, 0.3) is 0 Å². The van der Waals surface area contributed by atoms with Gasteiger partial charge >= 0.3 is 0 Å². The molecule has 0 fully saturated rings. The highest BCUT2D eigenvalue weighted by Gasteiger charge is 2.33. The standard InChI is InChI=1S/C29H34BrN3O6S/c1-5-31-29(35)26(17-21-9-7-6-8-10-21)32(19-22-11-13-23(30)14-12-22)28(34)20-33(40(4,36)37)25-16-15-24(38-2)18-27(25)39-3/h6-16,18,26H,5,17,19-20H2,1-4H3,(H,31,35)/t26-/m1/s1. The molecule has 9 nitrogen and oxygen atoms in total. The zero-order chi connectivity index (χ0) is 29.3. The van der Waals surface area contributed by atoms with Crippen LogP contribution in [0.15, 0.2) is 77.3 Å². The highest BCUT2D eigenvalue weighted by Crippen LogP contribution is 2.34. The van der Waals surface area contributed by atoms with Gasteiger partial charge in [0.1, 0.15) is 24.1 Å². The van der Waals surface area contributed by atoms with Crippen LogP contribution >= 0.6 is 15.9 Å². The number of anilines is 1. The smallest absolute Gasteiger partial charge is 0.244 e. The van der Waals surface area contributed by atoms with Crippen molar-refractivity contribution in [2.75, 3.05) is 37.9 Å². The minimum atomic E-state index is -3.93. The Kier molecular flexibility index (Phi) is 11.0. The second-order valence-electron chi connectivity index (χ2n) is 9.06. The van der Waals surface area contributed by atoms with E-state index in [0.717, 1.165) is 26.2 Å². The van der Waals surface area contributed by atoms with Crippen molar-refractivity contribution in [1.82, 2.24) is 10.2 Å². The Balaban J connectivity index is 2.07. The van der Waals surface area contributed by atoms with Gasteiger partial charge < -0.3 is 19.7 Å². The first-order valence-corrected chi connectivity index (χ1v) is 15.3. The fraction of sp³-hybridized carbons (Fsp3) is 0.310. The molecule has 2 amide bonds. The quantitative estimate of drug-likeness (QED) is 0.306. The average molecular weight is 633 g/mol. The zero-order valence-electron chi connectivity index (χ0n) is 23.0. The molecular formula is C29H34BrN3O6S. The van der Waals surface area contributed by atoms with Gasteiger partial charge in [-0.2, -0.15) is 0 Å². The van der Waals surface area contributed by atoms with Crippen molar-refractivity contribution in [3.63, 3.8) is 0 Å². The first-order chi connectivity index (χ1) is 19.1. The van der Waals surface area contributed by atoms with Crippen LogP contribution in [0, 0.1) is 0 Å². The summed E-state index contributed by atoms with van der Waals surface area (Å²) in [6.07, 6.45) is 1.27. The second kappa shape index (κ2) is 14.2. The molecule has 40 heavy (non-hydrogen) atoms. The third-order valence-corrected chi connectivity index (χ3v) is 7.88. The zero-order valence-corrected chi connectivity index (χ0v) is 25.4. The SMILES string of the molecule is CCNC(=O)[C@@H](Cc1ccccc1)N(Cc1ccc(Br)cc1)C(=O)CN(c1ccc(OC)cc1OC)S(C)(=O)=O. The molecule has 0 aliphatic rings. The van der Waals surface area contributed by atoms with Crippen LogP contribution in [-0.2, 0) is 32.6 Å². The fourth-order valence-electron chi connectivity index (χ4n) is 4.22. The molecule has 0 aliphatic heterocycles. The molecule has 3 aromatic rings. The van der Waals surface area contributed by atoms with Crippen LogP contribution in [0.3, 0.4) is 0 Å². The number of amides is 2. The van der Waals surface area contributed by atoms with Crippen LogP contribution < -0.4 is 19.1 Å². The summed E-state index contributed by atoms with van der Waals surface area (Å²) in [6.45, 7) is 1.74. The number of nitrogens with zero attached hydrogens (tertiary/aromatic N) is 2. The molecule has 0 heterocycles. The summed E-state index contributed by atoms with van der Waals surface area (Å²) in [4.78, 5) is 28.9. The molecular weight excluding hydrogens is 598 g/mol. The molecule has 3 rings (SSSR count). The van der Waals surface area contributed by atoms with Crippen molar-refractivity contribution in [2.24, 2.45) is 0 Å². The third kappa shape index (κ3) is 8.22. The van der Waals surface area contributed by atoms with Crippen molar-refractivity contribution in [2.45, 2.75) is 25.9 Å². The minimum Gasteiger partial charge on any atom is -0.497 e. The van der Waals surface area contributed by atoms with Crippen molar-refractivity contribution in [3.8, 4) is 11.5 Å². The van der Waals surface area contributed by atoms with E-state index in [-0.39, 0.29) is 30.3 Å². The second-order valence-corrected chi connectivity index (χ2v) is 11.9. The maximum atomic E-state index is 14.1. The van der Waals surface area contributed by atoms with Gasteiger partial charge in [-0.3, -0.25) is 13.9 Å². The molecule has 0 aromatic heterocycles. The summed E-state index contributed by atoms with van der Waals surface area (Å²) >= 11 is 3.42. The Morgan fingerprint density at radius 1 is 0.950 bits per heavy atom. The van der Waals surface area contributed by atoms with Crippen LogP contribution in [0.2, 0.25) is 0 Å². The van der Waals surface area contributed by atoms with E-state index >= 15 is 0 Å². The lowest BCUT2D eigenvalue weighted by atomic mass is 10.0. The molecule has 0 bridgehead atoms. The van der Waals surface area contributed by atoms with Crippen molar-refractivity contribution in [3.05, 3.63) is 88.4 Å². The number of halogens is 1. The summed E-state index contributed by atoms with van der Waals surface area (Å²) in [6, 6.07) is 20.6. The van der Waals surface area contributed by atoms with Crippen LogP contribution in [0.4, 0.5) is 5.69 Å². The van der Waals surface area contributed by atoms with Crippen molar-refractivity contribution < 1.29 is 27.5 Å². The predicted octanol–water partition coefficient (Wildman–Crippen LogP) is 4.01. The third-order valence-electron chi connectivity index (χ3n) is 6.22. The molecule has 0 radical (unpaired) electrons. The maximum Gasteiger partial charge on any atom is 0.244 e. The van der Waals surface area contributed by atoms with E-state index in [1.807, 2.05) is 54.6 Å². The molecule has 3 aromatic carbocycles. The van der Waals surface area contributed by atoms with Gasteiger partial charge in [0.15, 0.2) is 0 Å². The van der Waals surface area contributed by atoms with Gasteiger partial charge in [-0.05, 0) is 42.3 Å². The number of hydrogen-bond acceptors (Lipinski definition) is 6. The van der Waals surface area contributed by atoms with Crippen LogP contribution in [0.1, 0.15) is 18.1 Å². The fourth-order valence-corrected chi connectivity index (χ4v) is 5.34. The lowest BCUT2D eigenvalue weighted by Gasteiger charge is -2.33. The Labute approximate surface area is 244 Å². The number of nitrogens with one attached hydrogen (secondary N) is 1. The van der Waals surface area contributed by atoms with Gasteiger partial charge in [0, 0.05) is 30.0 Å². The van der Waals surface area contributed by atoms with Crippen molar-refractivity contribution >= 4 is 43.5 Å². The molecule has 214 valence electrons. The summed E-state index contributed by atoms with van der Waals surface area (Å²) in [7, 11) is -1.04. The predicted molar refractivity (Wildman–Crippen MR) is 159 cm³/mol. The number of sulfonamides is 1. The largest absolute Gasteiger partial charge is 0.497 e. The lowest BCUT2D eigenvalue weighted by molar-refractivity contribution is -0.140. The van der Waals surface area contributed by atoms with E-state index < -0.39 is 28.5 Å². The number of carbonyl (C=O) groups is 2. The minimum absolute atomic E-state index is 0.0953. The molecule has 0 saturated heterocycles. The summed E-state index contributed by atoms with van der Waals surface area (Å²) in [5.41, 5.74) is 1.83. The molecule has 0 aliphatic carbocycles. The van der Waals surface area contributed by atoms with Gasteiger partial charge in [0.05, 0.1) is 26.2 Å². The van der Waals surface area contributed by atoms with E-state index in [1.54, 1.807) is 19.1 Å². The lowest BCUT2D eigenvalue weighted by Crippen LogP contribution is -2.53. The number of ether oxygens (including phenoxy) is 2.